The van der Waals surface area contributed by atoms with Crippen molar-refractivity contribution < 1.29 is 14.7 Å². The van der Waals surface area contributed by atoms with Crippen LogP contribution >= 0.6 is 11.6 Å². The Balaban J connectivity index is 1.27. The molecule has 2 aromatic carbocycles. The predicted molar refractivity (Wildman–Crippen MR) is 172 cm³/mol. The third-order valence-corrected chi connectivity index (χ3v) is 8.65. The van der Waals surface area contributed by atoms with Crippen LogP contribution in [0.15, 0.2) is 61.2 Å². The first-order valence-corrected chi connectivity index (χ1v) is 15.1. The van der Waals surface area contributed by atoms with Crippen molar-refractivity contribution >= 4 is 46.9 Å². The van der Waals surface area contributed by atoms with Crippen LogP contribution in [0.25, 0.3) is 11.9 Å². The van der Waals surface area contributed by atoms with Gasteiger partial charge in [0.25, 0.3) is 5.91 Å². The molecule has 0 bridgehead atoms. The molecule has 1 unspecified atom stereocenters. The van der Waals surface area contributed by atoms with Crippen molar-refractivity contribution in [3.63, 3.8) is 0 Å². The number of allylic oxidation sites excluding steroid dienone is 1. The van der Waals surface area contributed by atoms with E-state index >= 15 is 0 Å². The number of likely N-dealkylation sites (tertiary alicyclic amines) is 1. The number of hydrogen-bond acceptors (Lipinski definition) is 8. The van der Waals surface area contributed by atoms with Gasteiger partial charge in [0, 0.05) is 62.2 Å². The molecule has 3 heterocycles. The number of amides is 2. The Bertz CT molecular complexity index is 1530. The van der Waals surface area contributed by atoms with Gasteiger partial charge in [-0.05, 0) is 68.8 Å². The third kappa shape index (κ3) is 6.50. The normalized spacial score (nSPS) is 19.0. The van der Waals surface area contributed by atoms with Gasteiger partial charge in [0.15, 0.2) is 5.82 Å². The number of carbonyl (C=O) groups is 2. The Kier molecular flexibility index (Phi) is 9.38. The highest BCUT2D eigenvalue weighted by Gasteiger charge is 2.36. The monoisotopic (exact) mass is 618 g/mol. The molecule has 232 valence electrons. The lowest BCUT2D eigenvalue weighted by molar-refractivity contribution is -0.126. The number of nitrogens with one attached hydrogen (secondary N) is 2. The number of hydrogen-bond donors (Lipinski definition) is 3. The minimum absolute atomic E-state index is 0.176. The highest BCUT2D eigenvalue weighted by molar-refractivity contribution is 6.30. The molecule has 2 saturated heterocycles. The molecule has 3 aromatic rings. The number of rotatable bonds is 8. The zero-order valence-corrected chi connectivity index (χ0v) is 26.1. The fourth-order valence-electron chi connectivity index (χ4n) is 5.84. The Morgan fingerprint density at radius 1 is 1.07 bits per heavy atom. The number of anilines is 2. The van der Waals surface area contributed by atoms with E-state index in [0.29, 0.717) is 73.6 Å². The highest BCUT2D eigenvalue weighted by Crippen LogP contribution is 2.36. The van der Waals surface area contributed by atoms with E-state index in [1.165, 1.54) is 0 Å². The van der Waals surface area contributed by atoms with Crippen LogP contribution in [0.5, 0.6) is 0 Å². The lowest BCUT2D eigenvalue weighted by Crippen LogP contribution is -2.59. The van der Waals surface area contributed by atoms with E-state index in [0.717, 1.165) is 11.3 Å². The predicted octanol–water partition coefficient (Wildman–Crippen LogP) is 3.62. The summed E-state index contributed by atoms with van der Waals surface area (Å²) >= 11 is 6.05. The van der Waals surface area contributed by atoms with Crippen molar-refractivity contribution in [2.75, 3.05) is 52.1 Å². The lowest BCUT2D eigenvalue weighted by atomic mass is 9.84. The van der Waals surface area contributed by atoms with Crippen LogP contribution in [0.1, 0.15) is 41.5 Å². The van der Waals surface area contributed by atoms with E-state index in [9.17, 15) is 14.7 Å². The molecule has 2 fully saturated rings. The molecule has 0 aliphatic carbocycles. The van der Waals surface area contributed by atoms with E-state index in [2.05, 4.69) is 27.2 Å². The standard InChI is InChI=1S/C32H39ClN8O3/c1-5-26(39-17-15-32(44,16-18-39)23-9-11-24(33)12-10-23)28-36-31(37-41(28)6-2)35-25-13-7-22(8-14-25)30(43)40-20-19-38(4)21-27(40)29(42)34-3/h5-14,27,44H,2,15-21H2,1,3-4H3,(H,34,42)(H,35,37)/b26-5+. The number of piperidine rings is 1. The highest BCUT2D eigenvalue weighted by atomic mass is 35.5. The number of aromatic nitrogens is 3. The second kappa shape index (κ2) is 13.2. The molecule has 2 aliphatic rings. The van der Waals surface area contributed by atoms with Gasteiger partial charge >= 0.3 is 0 Å². The van der Waals surface area contributed by atoms with Gasteiger partial charge in [0.05, 0.1) is 11.3 Å². The van der Waals surface area contributed by atoms with Gasteiger partial charge in [-0.25, -0.2) is 4.68 Å². The summed E-state index contributed by atoms with van der Waals surface area (Å²) in [6.07, 6.45) is 4.71. The van der Waals surface area contributed by atoms with Crippen LogP contribution in [0, 0.1) is 0 Å². The summed E-state index contributed by atoms with van der Waals surface area (Å²) in [5.41, 5.74) is 2.05. The maximum atomic E-state index is 13.3. The molecule has 2 amide bonds. The molecule has 0 radical (unpaired) electrons. The van der Waals surface area contributed by atoms with E-state index in [1.54, 1.807) is 59.2 Å². The van der Waals surface area contributed by atoms with Crippen LogP contribution in [-0.4, -0.2) is 99.2 Å². The Hall–Kier alpha value is -4.19. The molecule has 12 heteroatoms. The Morgan fingerprint density at radius 2 is 1.75 bits per heavy atom. The van der Waals surface area contributed by atoms with E-state index < -0.39 is 11.6 Å². The molecule has 44 heavy (non-hydrogen) atoms. The quantitative estimate of drug-likeness (QED) is 0.350. The number of carbonyl (C=O) groups excluding carboxylic acids is 2. The molecular formula is C32H39ClN8O3. The minimum atomic E-state index is -0.917. The molecule has 5 rings (SSSR count). The van der Waals surface area contributed by atoms with Crippen LogP contribution in [0.2, 0.25) is 5.02 Å². The zero-order valence-electron chi connectivity index (χ0n) is 25.3. The van der Waals surface area contributed by atoms with Crippen molar-refractivity contribution in [1.29, 1.82) is 0 Å². The van der Waals surface area contributed by atoms with E-state index in [1.807, 2.05) is 37.1 Å². The maximum absolute atomic E-state index is 13.3. The van der Waals surface area contributed by atoms with E-state index in [-0.39, 0.29) is 11.8 Å². The molecule has 1 aromatic heterocycles. The summed E-state index contributed by atoms with van der Waals surface area (Å²) in [4.78, 5) is 36.4. The van der Waals surface area contributed by atoms with Crippen molar-refractivity contribution in [3.8, 4) is 0 Å². The fourth-order valence-corrected chi connectivity index (χ4v) is 5.97. The molecule has 0 spiro atoms. The molecule has 2 aliphatic heterocycles. The number of likely N-dealkylation sites (N-methyl/N-ethyl adjacent to an activating group) is 2. The summed E-state index contributed by atoms with van der Waals surface area (Å²) in [6, 6.07) is 13.9. The van der Waals surface area contributed by atoms with Crippen LogP contribution in [-0.2, 0) is 10.4 Å². The Labute approximate surface area is 262 Å². The first kappa shape index (κ1) is 31.2. The van der Waals surface area contributed by atoms with Crippen molar-refractivity contribution in [2.24, 2.45) is 0 Å². The van der Waals surface area contributed by atoms with Gasteiger partial charge in [-0.3, -0.25) is 9.59 Å². The summed E-state index contributed by atoms with van der Waals surface area (Å²) in [5, 5.41) is 22.4. The van der Waals surface area contributed by atoms with Gasteiger partial charge in [0.1, 0.15) is 6.04 Å². The van der Waals surface area contributed by atoms with Gasteiger partial charge in [-0.15, -0.1) is 5.10 Å². The maximum Gasteiger partial charge on any atom is 0.254 e. The molecule has 3 N–H and O–H groups in total. The number of nitrogens with zero attached hydrogens (tertiary/aromatic N) is 6. The molecule has 0 saturated carbocycles. The van der Waals surface area contributed by atoms with Crippen LogP contribution < -0.4 is 10.6 Å². The minimum Gasteiger partial charge on any atom is -0.385 e. The number of aliphatic hydroxyl groups is 1. The largest absolute Gasteiger partial charge is 0.385 e. The number of halogens is 1. The fraction of sp³-hybridized carbons (Fsp3) is 0.375. The van der Waals surface area contributed by atoms with Crippen molar-refractivity contribution in [2.45, 2.75) is 31.4 Å². The first-order chi connectivity index (χ1) is 21.1. The van der Waals surface area contributed by atoms with Gasteiger partial charge in [-0.2, -0.15) is 4.98 Å². The van der Waals surface area contributed by atoms with E-state index in [4.69, 9.17) is 16.6 Å². The van der Waals surface area contributed by atoms with Crippen LogP contribution in [0.3, 0.4) is 0 Å². The van der Waals surface area contributed by atoms with Gasteiger partial charge in [0.2, 0.25) is 11.9 Å². The average molecular weight is 619 g/mol. The molecular weight excluding hydrogens is 580 g/mol. The Morgan fingerprint density at radius 3 is 2.36 bits per heavy atom. The first-order valence-electron chi connectivity index (χ1n) is 14.7. The average Bonchev–Trinajstić information content (AvgIpc) is 3.44. The van der Waals surface area contributed by atoms with Crippen molar-refractivity contribution in [1.82, 2.24) is 34.8 Å². The zero-order chi connectivity index (χ0) is 31.4. The van der Waals surface area contributed by atoms with Crippen molar-refractivity contribution in [3.05, 3.63) is 83.2 Å². The molecule has 11 nitrogen and oxygen atoms in total. The SMILES string of the molecule is C=Cn1nc(Nc2ccc(C(=O)N3CCN(C)CC3C(=O)NC)cc2)nc1/C(=C\C)N1CCC(O)(c2ccc(Cl)cc2)CC1. The topological polar surface area (TPSA) is 119 Å². The number of piperazine rings is 1. The van der Waals surface area contributed by atoms with Gasteiger partial charge < -0.3 is 30.4 Å². The summed E-state index contributed by atoms with van der Waals surface area (Å²) in [7, 11) is 3.53. The summed E-state index contributed by atoms with van der Waals surface area (Å²) in [6.45, 7) is 8.80. The second-order valence-corrected chi connectivity index (χ2v) is 11.6. The van der Waals surface area contributed by atoms with Crippen LogP contribution in [0.4, 0.5) is 11.6 Å². The third-order valence-electron chi connectivity index (χ3n) is 8.40. The summed E-state index contributed by atoms with van der Waals surface area (Å²) < 4.78 is 1.63. The number of benzene rings is 2. The lowest BCUT2D eigenvalue weighted by Gasteiger charge is -2.40. The summed E-state index contributed by atoms with van der Waals surface area (Å²) in [5.74, 6) is 0.651. The smallest absolute Gasteiger partial charge is 0.254 e. The second-order valence-electron chi connectivity index (χ2n) is 11.2. The molecule has 1 atom stereocenters. The van der Waals surface area contributed by atoms with Gasteiger partial charge in [-0.1, -0.05) is 36.4 Å².